The number of hydrogen-bond acceptors (Lipinski definition) is 21. The summed E-state index contributed by atoms with van der Waals surface area (Å²) in [4.78, 5) is 49.4. The molecule has 1 N–H and O–H groups in total. The minimum atomic E-state index is -5.17. The van der Waals surface area contributed by atoms with E-state index in [1.54, 1.807) is 0 Å². The summed E-state index contributed by atoms with van der Waals surface area (Å²) in [6, 6.07) is 0. The Bertz CT molecular complexity index is 470. The van der Waals surface area contributed by atoms with E-state index in [-0.39, 0.29) is 312 Å². The first-order chi connectivity index (χ1) is 12.1. The third-order valence-electron chi connectivity index (χ3n) is 0. The average Bonchev–Trinajstić information content (AvgIpc) is 2.21. The summed E-state index contributed by atoms with van der Waals surface area (Å²) in [7, 11) is -5.17. The van der Waals surface area contributed by atoms with Crippen LogP contribution in [0.2, 0.25) is 0 Å². The monoisotopic (exact) mass is 719 g/mol. The fourth-order valence-corrected chi connectivity index (χ4v) is 0. The number of carboxylic acid groups (broad SMARTS) is 2. The van der Waals surface area contributed by atoms with Gasteiger partial charge in [0.05, 0.1) is 15.3 Å². The summed E-state index contributed by atoms with van der Waals surface area (Å²) in [6.07, 6.45) is -2.33. The molecule has 0 bridgehead atoms. The maximum atomic E-state index is 8.52. The molecule has 26 nitrogen and oxygen atoms in total. The Kier molecular flexibility index (Phi) is 254. The first-order valence-corrected chi connectivity index (χ1v) is 5.19. The molecule has 0 unspecified atom stereocenters. The van der Waals surface area contributed by atoms with Gasteiger partial charge in [-0.3, -0.25) is 8.42 Å². The third-order valence-corrected chi connectivity index (χ3v) is 0. The van der Waals surface area contributed by atoms with E-state index < -0.39 is 36.9 Å². The Morgan fingerprint density at radius 1 is 0.703 bits per heavy atom. The molecular weight excluding hydrogens is 719 g/mol. The molecule has 0 aromatic carbocycles. The van der Waals surface area contributed by atoms with Crippen molar-refractivity contribution in [2.24, 2.45) is 5.34 Å². The van der Waals surface area contributed by atoms with Crippen molar-refractivity contribution >= 4 is 54.3 Å². The van der Waals surface area contributed by atoms with Gasteiger partial charge >= 0.3 is 299 Å². The van der Waals surface area contributed by atoms with E-state index in [0.717, 1.165) is 5.34 Å². The van der Waals surface area contributed by atoms with Gasteiger partial charge in [0.25, 0.3) is 5.09 Å². The average molecular weight is 720 g/mol. The van der Waals surface area contributed by atoms with Crippen LogP contribution in [0.3, 0.4) is 0 Å². The van der Waals surface area contributed by atoms with Gasteiger partial charge in [-0.05, 0) is 6.16 Å². The second-order valence-electron chi connectivity index (χ2n) is 1.64. The molecule has 0 aliphatic carbocycles. The predicted octanol–water partition coefficient (Wildman–Crippen LogP) is -28.9. The summed E-state index contributed by atoms with van der Waals surface area (Å²) in [6.45, 7) is 0. The summed E-state index contributed by atoms with van der Waals surface area (Å²) in [5.74, 6) is 0. The molecular formula is CHCaClK3LiN5Na3O21S. The number of carbonyl (C=O) groups is 1. The fraction of sp³-hybridized carbons (Fsp3) is 0. The smallest absolute Gasteiger partial charge is 1.00 e. The molecule has 0 aliphatic heterocycles. The van der Waals surface area contributed by atoms with Crippen molar-refractivity contribution in [3.8, 4) is 0 Å². The third kappa shape index (κ3) is 2210. The van der Waals surface area contributed by atoms with Crippen molar-refractivity contribution in [3.63, 3.8) is 0 Å². The van der Waals surface area contributed by atoms with Crippen LogP contribution in [0, 0.1) is 66.2 Å². The molecule has 37 heavy (non-hydrogen) atoms. The van der Waals surface area contributed by atoms with Gasteiger partial charge in [0.1, 0.15) is 0 Å². The molecule has 0 aromatic rings. The van der Waals surface area contributed by atoms with Crippen LogP contribution >= 0.6 is 0 Å². The molecule has 178 valence electrons. The Hall–Kier alpha value is 5.40. The van der Waals surface area contributed by atoms with Gasteiger partial charge in [-0.1, -0.05) is 0 Å². The minimum absolute atomic E-state index is 0. The summed E-state index contributed by atoms with van der Waals surface area (Å²) >= 11 is 0. The zero-order valence-corrected chi connectivity index (χ0v) is 39.0. The molecule has 0 radical (unpaired) electrons. The predicted molar refractivity (Wildman–Crippen MR) is 70.7 cm³/mol. The van der Waals surface area contributed by atoms with Crippen molar-refractivity contribution in [1.82, 2.24) is 0 Å². The first-order valence-electron chi connectivity index (χ1n) is 3.85. The van der Waals surface area contributed by atoms with Crippen LogP contribution in [0.15, 0.2) is 5.34 Å². The van der Waals surface area contributed by atoms with Gasteiger partial charge < -0.3 is 97.8 Å². The second kappa shape index (κ2) is 90.0. The summed E-state index contributed by atoms with van der Waals surface area (Å²) in [5.41, 5.74) is 0. The molecule has 0 saturated carbocycles. The van der Waals surface area contributed by atoms with Crippen LogP contribution in [0.25, 0.3) is 0 Å². The van der Waals surface area contributed by atoms with Gasteiger partial charge in [0.15, 0.2) is 0 Å². The van der Waals surface area contributed by atoms with E-state index in [1.165, 1.54) is 0 Å². The molecule has 0 amide bonds. The van der Waals surface area contributed by atoms with Crippen LogP contribution < -0.4 is 284 Å². The molecule has 36 heteroatoms. The van der Waals surface area contributed by atoms with Crippen LogP contribution in [0.4, 0.5) is 4.79 Å². The van der Waals surface area contributed by atoms with Gasteiger partial charge in [-0.2, -0.15) is 0 Å². The Balaban J connectivity index is -0.00000000958. The van der Waals surface area contributed by atoms with Crippen molar-refractivity contribution in [2.45, 2.75) is 0 Å². The van der Waals surface area contributed by atoms with Crippen molar-refractivity contribution in [1.29, 1.82) is 0 Å². The van der Waals surface area contributed by atoms with Crippen molar-refractivity contribution in [3.05, 3.63) is 66.2 Å². The fourth-order valence-electron chi connectivity index (χ4n) is 0. The zero-order valence-electron chi connectivity index (χ0n) is 19.8. The minimum Gasteiger partial charge on any atom is -1.00 e. The first kappa shape index (κ1) is 104. The second-order valence-corrected chi connectivity index (χ2v) is 2.46. The quantitative estimate of drug-likeness (QED) is 0.0606. The molecule has 0 spiro atoms. The van der Waals surface area contributed by atoms with E-state index in [1.807, 2.05) is 0 Å². The van der Waals surface area contributed by atoms with Gasteiger partial charge in [0, 0.05) is 10.4 Å². The maximum absolute atomic E-state index is 8.52. The Labute approximate surface area is 446 Å². The van der Waals surface area contributed by atoms with Crippen LogP contribution in [0.5, 0.6) is 0 Å². The van der Waals surface area contributed by atoms with E-state index in [0.29, 0.717) is 0 Å². The number of nitrogens with zero attached hydrogens (tertiary/aromatic N) is 5. The van der Waals surface area contributed by atoms with Gasteiger partial charge in [-0.25, -0.2) is 0 Å². The number of rotatable bonds is 0. The number of halogens is 1. The SMILES string of the molecule is O=C([O-])[O-].O=N[O-].O=S(=O)([O-])[O-].O=[N+]([O-])O.O=[N+]([O-])[O-].O=[N+]([O-])[O-].O=[N+]([O-])[O-].[Ca+2].[Cl-].[K+].[K+].[K+].[Li+].[Na+].[Na+].[Na+]. The van der Waals surface area contributed by atoms with Crippen LogP contribution in [-0.4, -0.2) is 87.0 Å². The standard InChI is InChI=1S/CH2O3.Ca.ClH.3K.Li.HNO3.3NO3.HNO2.3Na.H2O4S/c2-1(3)4;;;;;;;4*2-1(3)4;2-1-3;;;;1-5(2,3)4/h(H2,2,3,4);;1H;;;;;(H,2,3,4);;;;(H,2,3);;;;(H2,1,2,3,4)/q;+2;;4*+1;;3*-1;;3*+1;/p-6. The van der Waals surface area contributed by atoms with E-state index in [2.05, 4.69) is 0 Å². The largest absolute Gasteiger partial charge is 2.00 e. The number of carbonyl (C=O) groups excluding carboxylic acids is 1. The van der Waals surface area contributed by atoms with E-state index in [4.69, 9.17) is 104 Å². The molecule has 0 aliphatic rings. The van der Waals surface area contributed by atoms with Crippen molar-refractivity contribution < 1.29 is 332 Å². The normalized spacial score (nSPS) is 5.14. The summed E-state index contributed by atoms with van der Waals surface area (Å²) in [5, 5.41) is 83.6. The number of hydrogen-bond donors (Lipinski definition) is 1. The molecule has 0 heterocycles. The van der Waals surface area contributed by atoms with Crippen LogP contribution in [-0.2, 0) is 10.4 Å². The molecule has 0 fully saturated rings. The molecule has 0 saturated heterocycles. The Morgan fingerprint density at radius 3 is 0.703 bits per heavy atom. The van der Waals surface area contributed by atoms with Gasteiger partial charge in [0.2, 0.25) is 0 Å². The maximum Gasteiger partial charge on any atom is 2.00 e. The van der Waals surface area contributed by atoms with E-state index >= 15 is 0 Å². The van der Waals surface area contributed by atoms with Gasteiger partial charge in [-0.15, -0.1) is 15.5 Å². The Morgan fingerprint density at radius 2 is 0.703 bits per heavy atom. The summed E-state index contributed by atoms with van der Waals surface area (Å²) < 4.78 is 34.1. The van der Waals surface area contributed by atoms with E-state index in [9.17, 15) is 0 Å². The molecule has 0 atom stereocenters. The molecule has 0 aromatic heterocycles. The topological polar surface area (TPSA) is 458 Å². The molecule has 0 rings (SSSR count). The van der Waals surface area contributed by atoms with Crippen molar-refractivity contribution in [2.75, 3.05) is 0 Å². The van der Waals surface area contributed by atoms with Crippen LogP contribution in [0.1, 0.15) is 0 Å². The zero-order chi connectivity index (χ0) is 25.1.